The summed E-state index contributed by atoms with van der Waals surface area (Å²) in [5.74, 6) is -0.420. The first-order chi connectivity index (χ1) is 15.5. The average molecular weight is 464 g/mol. The van der Waals surface area contributed by atoms with Crippen LogP contribution in [0.3, 0.4) is 0 Å². The fourth-order valence-corrected chi connectivity index (χ4v) is 4.97. The van der Waals surface area contributed by atoms with Crippen molar-refractivity contribution in [2.75, 3.05) is 17.7 Å². The molecule has 0 aliphatic heterocycles. The van der Waals surface area contributed by atoms with E-state index in [2.05, 4.69) is 51.9 Å². The lowest BCUT2D eigenvalue weighted by Gasteiger charge is -2.08. The van der Waals surface area contributed by atoms with Gasteiger partial charge in [0.2, 0.25) is 5.91 Å². The predicted octanol–water partition coefficient (Wildman–Crippen LogP) is 5.57. The summed E-state index contributed by atoms with van der Waals surface area (Å²) in [4.78, 5) is 34.2. The number of nitrogens with one attached hydrogen (secondary N) is 1. The molecule has 0 atom stereocenters. The smallest absolute Gasteiger partial charge is 0.338 e. The molecule has 0 spiro atoms. The van der Waals surface area contributed by atoms with Crippen molar-refractivity contribution >= 4 is 50.9 Å². The van der Waals surface area contributed by atoms with Gasteiger partial charge in [0, 0.05) is 16.6 Å². The van der Waals surface area contributed by atoms with Crippen LogP contribution in [0.4, 0.5) is 5.69 Å². The lowest BCUT2D eigenvalue weighted by atomic mass is 10.1. The normalized spacial score (nSPS) is 10.8. The van der Waals surface area contributed by atoms with Crippen molar-refractivity contribution in [3.8, 4) is 11.1 Å². The number of hydrogen-bond donors (Lipinski definition) is 1. The van der Waals surface area contributed by atoms with Gasteiger partial charge in [-0.2, -0.15) is 0 Å². The van der Waals surface area contributed by atoms with Crippen LogP contribution in [0.2, 0.25) is 0 Å². The fraction of sp³-hybridized carbons (Fsp3) is 0.167. The Kier molecular flexibility index (Phi) is 6.82. The molecule has 0 saturated carbocycles. The number of benzene rings is 2. The summed E-state index contributed by atoms with van der Waals surface area (Å²) in [5.41, 5.74) is 4.30. The van der Waals surface area contributed by atoms with Gasteiger partial charge < -0.3 is 10.1 Å². The van der Waals surface area contributed by atoms with Gasteiger partial charge >= 0.3 is 5.97 Å². The summed E-state index contributed by atoms with van der Waals surface area (Å²) >= 11 is 2.93. The number of aryl methyl sites for hydroxylation is 1. The predicted molar refractivity (Wildman–Crippen MR) is 129 cm³/mol. The summed E-state index contributed by atoms with van der Waals surface area (Å²) in [6.45, 7) is 4.11. The number of amides is 1. The van der Waals surface area contributed by atoms with Crippen molar-refractivity contribution in [2.24, 2.45) is 0 Å². The van der Waals surface area contributed by atoms with Gasteiger partial charge in [0.25, 0.3) is 0 Å². The molecule has 162 valence electrons. The number of carbonyl (C=O) groups excluding carboxylic acids is 2. The van der Waals surface area contributed by atoms with E-state index in [-0.39, 0.29) is 11.7 Å². The van der Waals surface area contributed by atoms with Crippen molar-refractivity contribution in [3.05, 3.63) is 71.4 Å². The number of anilines is 1. The Morgan fingerprint density at radius 2 is 1.94 bits per heavy atom. The Hall–Kier alpha value is -3.23. The largest absolute Gasteiger partial charge is 0.462 e. The van der Waals surface area contributed by atoms with Gasteiger partial charge in [0.15, 0.2) is 0 Å². The minimum Gasteiger partial charge on any atom is -0.462 e. The highest BCUT2D eigenvalue weighted by molar-refractivity contribution is 8.00. The molecular weight excluding hydrogens is 442 g/mol. The molecule has 2 aromatic heterocycles. The quantitative estimate of drug-likeness (QED) is 0.219. The van der Waals surface area contributed by atoms with Crippen LogP contribution in [0.5, 0.6) is 0 Å². The molecule has 2 aromatic carbocycles. The van der Waals surface area contributed by atoms with Crippen LogP contribution < -0.4 is 5.32 Å². The molecule has 0 fully saturated rings. The van der Waals surface area contributed by atoms with Gasteiger partial charge in [-0.05, 0) is 37.6 Å². The van der Waals surface area contributed by atoms with Crippen molar-refractivity contribution in [2.45, 2.75) is 18.9 Å². The van der Waals surface area contributed by atoms with E-state index in [0.717, 1.165) is 26.4 Å². The second-order valence-corrected chi connectivity index (χ2v) is 8.83. The van der Waals surface area contributed by atoms with E-state index in [9.17, 15) is 9.59 Å². The van der Waals surface area contributed by atoms with Crippen LogP contribution >= 0.6 is 23.1 Å². The Balaban J connectivity index is 1.49. The highest BCUT2D eigenvalue weighted by atomic mass is 32.2. The molecule has 6 nitrogen and oxygen atoms in total. The summed E-state index contributed by atoms with van der Waals surface area (Å²) in [5, 5.41) is 6.64. The fourth-order valence-electron chi connectivity index (χ4n) is 3.17. The number of rotatable bonds is 7. The molecule has 1 amide bonds. The first-order valence-electron chi connectivity index (χ1n) is 10.0. The molecular formula is C24H21N3O3S2. The number of carbonyl (C=O) groups is 2. The summed E-state index contributed by atoms with van der Waals surface area (Å²) in [7, 11) is 0. The van der Waals surface area contributed by atoms with Crippen LogP contribution in [0.25, 0.3) is 21.3 Å². The minimum absolute atomic E-state index is 0.179. The molecule has 32 heavy (non-hydrogen) atoms. The Morgan fingerprint density at radius 3 is 2.72 bits per heavy atom. The first kappa shape index (κ1) is 22.0. The minimum atomic E-state index is -0.414. The molecule has 0 aliphatic carbocycles. The summed E-state index contributed by atoms with van der Waals surface area (Å²) in [6, 6.07) is 15.0. The standard InChI is InChI=1S/C24H21N3O3S2/c1-3-30-24(29)17-5-4-6-18(11-17)27-20(28)13-32-23-21-19(12-31-22(21)25-14-26-23)16-9-7-15(2)8-10-16/h4-12,14H,3,13H2,1-2H3,(H,27,28). The Morgan fingerprint density at radius 1 is 1.12 bits per heavy atom. The molecule has 1 N–H and O–H groups in total. The van der Waals surface area contributed by atoms with Gasteiger partial charge in [0.05, 0.1) is 23.3 Å². The summed E-state index contributed by atoms with van der Waals surface area (Å²) < 4.78 is 5.01. The maximum absolute atomic E-state index is 12.6. The highest BCUT2D eigenvalue weighted by Gasteiger charge is 2.15. The van der Waals surface area contributed by atoms with Crippen LogP contribution in [-0.2, 0) is 9.53 Å². The number of hydrogen-bond acceptors (Lipinski definition) is 7. The highest BCUT2D eigenvalue weighted by Crippen LogP contribution is 2.37. The van der Waals surface area contributed by atoms with E-state index in [0.29, 0.717) is 17.9 Å². The maximum atomic E-state index is 12.6. The molecule has 4 aromatic rings. The van der Waals surface area contributed by atoms with Crippen molar-refractivity contribution in [1.82, 2.24) is 9.97 Å². The van der Waals surface area contributed by atoms with E-state index >= 15 is 0 Å². The third-order valence-corrected chi connectivity index (χ3v) is 6.57. The molecule has 2 heterocycles. The van der Waals surface area contributed by atoms with E-state index in [1.165, 1.54) is 23.7 Å². The second-order valence-electron chi connectivity index (χ2n) is 7.01. The third kappa shape index (κ3) is 4.98. The zero-order valence-corrected chi connectivity index (χ0v) is 19.3. The molecule has 0 radical (unpaired) electrons. The number of ether oxygens (including phenoxy) is 1. The topological polar surface area (TPSA) is 81.2 Å². The van der Waals surface area contributed by atoms with Crippen LogP contribution in [0.15, 0.2) is 65.3 Å². The zero-order chi connectivity index (χ0) is 22.5. The van der Waals surface area contributed by atoms with Crippen molar-refractivity contribution in [1.29, 1.82) is 0 Å². The van der Waals surface area contributed by atoms with Gasteiger partial charge in [-0.3, -0.25) is 4.79 Å². The van der Waals surface area contributed by atoms with E-state index in [4.69, 9.17) is 4.74 Å². The van der Waals surface area contributed by atoms with E-state index in [1.54, 1.807) is 42.5 Å². The number of nitrogens with zero attached hydrogens (tertiary/aromatic N) is 2. The van der Waals surface area contributed by atoms with E-state index in [1.807, 2.05) is 0 Å². The lowest BCUT2D eigenvalue weighted by molar-refractivity contribution is -0.113. The number of esters is 1. The van der Waals surface area contributed by atoms with Crippen molar-refractivity contribution < 1.29 is 14.3 Å². The van der Waals surface area contributed by atoms with Crippen LogP contribution in [-0.4, -0.2) is 34.2 Å². The van der Waals surface area contributed by atoms with Gasteiger partial charge in [-0.15, -0.1) is 11.3 Å². The molecule has 0 aliphatic rings. The maximum Gasteiger partial charge on any atom is 0.338 e. The average Bonchev–Trinajstić information content (AvgIpc) is 3.23. The van der Waals surface area contributed by atoms with Gasteiger partial charge in [-0.1, -0.05) is 47.7 Å². The SMILES string of the molecule is CCOC(=O)c1cccc(NC(=O)CSc2ncnc3scc(-c4ccc(C)cc4)c23)c1. The second kappa shape index (κ2) is 9.93. The number of thiophene rings is 1. The van der Waals surface area contributed by atoms with Crippen LogP contribution in [0.1, 0.15) is 22.8 Å². The van der Waals surface area contributed by atoms with Gasteiger partial charge in [-0.25, -0.2) is 14.8 Å². The van der Waals surface area contributed by atoms with Crippen LogP contribution in [0, 0.1) is 6.92 Å². The van der Waals surface area contributed by atoms with Gasteiger partial charge in [0.1, 0.15) is 16.2 Å². The molecule has 0 bridgehead atoms. The van der Waals surface area contributed by atoms with E-state index < -0.39 is 5.97 Å². The number of thioether (sulfide) groups is 1. The summed E-state index contributed by atoms with van der Waals surface area (Å²) in [6.07, 6.45) is 1.53. The first-order valence-corrected chi connectivity index (χ1v) is 11.9. The number of aromatic nitrogens is 2. The third-order valence-electron chi connectivity index (χ3n) is 4.70. The zero-order valence-electron chi connectivity index (χ0n) is 17.6. The molecule has 0 saturated heterocycles. The van der Waals surface area contributed by atoms with Crippen molar-refractivity contribution in [3.63, 3.8) is 0 Å². The molecule has 8 heteroatoms. The molecule has 4 rings (SSSR count). The molecule has 0 unspecified atom stereocenters. The lowest BCUT2D eigenvalue weighted by Crippen LogP contribution is -2.15. The Labute approximate surface area is 194 Å². The number of fused-ring (bicyclic) bond motifs is 1. The monoisotopic (exact) mass is 463 g/mol. The Bertz CT molecular complexity index is 1270.